The van der Waals surface area contributed by atoms with Gasteiger partial charge in [-0.1, -0.05) is 83.8 Å². The van der Waals surface area contributed by atoms with Gasteiger partial charge in [0.2, 0.25) is 0 Å². The largest absolute Gasteiger partial charge is 0.396 e. The van der Waals surface area contributed by atoms with Crippen LogP contribution in [0.15, 0.2) is 25.3 Å². The molecule has 0 rings (SSSR count). The van der Waals surface area contributed by atoms with Crippen LogP contribution < -0.4 is 0 Å². The molecule has 0 unspecified atom stereocenters. The van der Waals surface area contributed by atoms with Crippen LogP contribution in [-0.4, -0.2) is 22.4 Å². The van der Waals surface area contributed by atoms with Crippen molar-refractivity contribution >= 4 is 0 Å². The van der Waals surface area contributed by atoms with Gasteiger partial charge in [-0.15, -0.1) is 13.2 Å². The highest BCUT2D eigenvalue weighted by atomic mass is 16.3. The predicted molar refractivity (Wildman–Crippen MR) is 106 cm³/mol. The Hall–Kier alpha value is -0.600. The normalized spacial score (nSPS) is 12.3. The molecule has 0 atom stereocenters. The fraction of sp³-hybridized carbons (Fsp3) is 0.818. The summed E-state index contributed by atoms with van der Waals surface area (Å²) in [5.74, 6) is 0. The Kier molecular flexibility index (Phi) is 13.3. The first-order valence-electron chi connectivity index (χ1n) is 9.94. The van der Waals surface area contributed by atoms with Crippen LogP contribution in [0.4, 0.5) is 0 Å². The summed E-state index contributed by atoms with van der Waals surface area (Å²) in [6.07, 6.45) is 18.3. The van der Waals surface area contributed by atoms with Gasteiger partial charge in [0, 0.05) is 6.61 Å². The van der Waals surface area contributed by atoms with E-state index in [0.29, 0.717) is 19.4 Å². The van der Waals surface area contributed by atoms with Crippen LogP contribution in [0.3, 0.4) is 0 Å². The molecule has 0 saturated heterocycles. The van der Waals surface area contributed by atoms with Crippen molar-refractivity contribution in [2.45, 2.75) is 103 Å². The maximum absolute atomic E-state index is 10.5. The van der Waals surface area contributed by atoms with Crippen LogP contribution >= 0.6 is 0 Å². The zero-order valence-corrected chi connectivity index (χ0v) is 16.4. The van der Waals surface area contributed by atoms with Crippen molar-refractivity contribution in [1.82, 2.24) is 0 Å². The van der Waals surface area contributed by atoms with E-state index in [0.717, 1.165) is 19.3 Å². The molecule has 0 aromatic carbocycles. The molecule has 0 aromatic heterocycles. The summed E-state index contributed by atoms with van der Waals surface area (Å²) in [5, 5.41) is 19.7. The molecule has 0 aromatic rings. The number of hydrogen-bond donors (Lipinski definition) is 2. The lowest BCUT2D eigenvalue weighted by atomic mass is 9.88. The minimum absolute atomic E-state index is 0.0964. The first-order valence-corrected chi connectivity index (χ1v) is 9.94. The Morgan fingerprint density at radius 2 is 1.08 bits per heavy atom. The van der Waals surface area contributed by atoms with E-state index in [4.69, 9.17) is 0 Å². The summed E-state index contributed by atoms with van der Waals surface area (Å²) < 4.78 is 0. The lowest BCUT2D eigenvalue weighted by Crippen LogP contribution is -2.26. The molecular formula is C22H42O2. The summed E-state index contributed by atoms with van der Waals surface area (Å²) in [4.78, 5) is 0. The molecule has 0 heterocycles. The van der Waals surface area contributed by atoms with Crippen molar-refractivity contribution in [1.29, 1.82) is 0 Å². The van der Waals surface area contributed by atoms with E-state index >= 15 is 0 Å². The number of aliphatic hydroxyl groups is 2. The highest BCUT2D eigenvalue weighted by Crippen LogP contribution is 2.25. The molecule has 2 heteroatoms. The Bertz CT molecular complexity index is 310. The monoisotopic (exact) mass is 338 g/mol. The molecule has 0 fully saturated rings. The fourth-order valence-electron chi connectivity index (χ4n) is 3.20. The van der Waals surface area contributed by atoms with Crippen LogP contribution in [0.1, 0.15) is 97.3 Å². The molecule has 0 saturated carbocycles. The molecule has 0 aliphatic heterocycles. The number of aliphatic hydroxyl groups excluding tert-OH is 1. The van der Waals surface area contributed by atoms with Gasteiger partial charge in [-0.25, -0.2) is 0 Å². The van der Waals surface area contributed by atoms with Crippen LogP contribution in [-0.2, 0) is 0 Å². The van der Waals surface area contributed by atoms with Gasteiger partial charge < -0.3 is 10.2 Å². The third-order valence-electron chi connectivity index (χ3n) is 4.97. The van der Waals surface area contributed by atoms with Gasteiger partial charge in [0.1, 0.15) is 0 Å². The van der Waals surface area contributed by atoms with Crippen molar-refractivity contribution < 1.29 is 10.2 Å². The van der Waals surface area contributed by atoms with Gasteiger partial charge in [0.15, 0.2) is 0 Å². The van der Waals surface area contributed by atoms with Crippen LogP contribution in [0.2, 0.25) is 0 Å². The Labute approximate surface area is 151 Å². The van der Waals surface area contributed by atoms with Gasteiger partial charge in [0.05, 0.1) is 5.60 Å². The van der Waals surface area contributed by atoms with Crippen molar-refractivity contribution in [2.75, 3.05) is 6.61 Å². The third-order valence-corrected chi connectivity index (χ3v) is 4.97. The van der Waals surface area contributed by atoms with Gasteiger partial charge in [-0.05, 0) is 31.1 Å². The van der Waals surface area contributed by atoms with E-state index in [1.807, 2.05) is 12.2 Å². The van der Waals surface area contributed by atoms with Crippen molar-refractivity contribution in [3.8, 4) is 0 Å². The third kappa shape index (κ3) is 12.8. The topological polar surface area (TPSA) is 40.5 Å². The number of unbranched alkanes of at least 4 members (excludes halogenated alkanes) is 8. The second-order valence-electron chi connectivity index (χ2n) is 8.21. The minimum atomic E-state index is -0.619. The molecular weight excluding hydrogens is 296 g/mol. The average molecular weight is 339 g/mol. The molecule has 2 N–H and O–H groups in total. The zero-order chi connectivity index (χ0) is 18.3. The van der Waals surface area contributed by atoms with Crippen molar-refractivity contribution in [3.05, 3.63) is 25.3 Å². The van der Waals surface area contributed by atoms with E-state index in [1.54, 1.807) is 0 Å². The Morgan fingerprint density at radius 1 is 0.708 bits per heavy atom. The number of rotatable bonds is 17. The van der Waals surface area contributed by atoms with Crippen LogP contribution in [0.25, 0.3) is 0 Å². The summed E-state index contributed by atoms with van der Waals surface area (Å²) in [7, 11) is 0. The molecule has 142 valence electrons. The van der Waals surface area contributed by atoms with E-state index in [2.05, 4.69) is 27.0 Å². The lowest BCUT2D eigenvalue weighted by molar-refractivity contribution is 0.0347. The SMILES string of the molecule is C=CCC(O)(CC=C)CCCCCCCCCCCC(C)(C)CO. The second-order valence-corrected chi connectivity index (χ2v) is 8.21. The first kappa shape index (κ1) is 23.4. The predicted octanol–water partition coefficient (Wildman–Crippen LogP) is 6.18. The van der Waals surface area contributed by atoms with Crippen molar-refractivity contribution in [2.24, 2.45) is 5.41 Å². The van der Waals surface area contributed by atoms with Crippen molar-refractivity contribution in [3.63, 3.8) is 0 Å². The van der Waals surface area contributed by atoms with Gasteiger partial charge in [0.25, 0.3) is 0 Å². The zero-order valence-electron chi connectivity index (χ0n) is 16.4. The molecule has 0 aliphatic rings. The van der Waals surface area contributed by atoms with Gasteiger partial charge in [-0.3, -0.25) is 0 Å². The summed E-state index contributed by atoms with van der Waals surface area (Å²) in [5.41, 5.74) is -0.523. The quantitative estimate of drug-likeness (QED) is 0.245. The van der Waals surface area contributed by atoms with Crippen LogP contribution in [0.5, 0.6) is 0 Å². The highest BCUT2D eigenvalue weighted by molar-refractivity contribution is 4.91. The van der Waals surface area contributed by atoms with E-state index in [1.165, 1.54) is 51.4 Å². The Morgan fingerprint density at radius 3 is 1.46 bits per heavy atom. The molecule has 0 amide bonds. The standard InChI is InChI=1S/C22H42O2/c1-5-16-22(24,17-6-2)19-15-13-11-9-7-8-10-12-14-18-21(3,4)20-23/h5-6,23-24H,1-2,7-20H2,3-4H3. The lowest BCUT2D eigenvalue weighted by Gasteiger charge is -2.25. The molecule has 0 bridgehead atoms. The molecule has 2 nitrogen and oxygen atoms in total. The summed E-state index contributed by atoms with van der Waals surface area (Å²) in [6.45, 7) is 12.0. The first-order chi connectivity index (χ1) is 11.4. The van der Waals surface area contributed by atoms with E-state index in [-0.39, 0.29) is 5.41 Å². The van der Waals surface area contributed by atoms with Gasteiger partial charge >= 0.3 is 0 Å². The Balaban J connectivity index is 3.48. The smallest absolute Gasteiger partial charge is 0.0716 e. The molecule has 24 heavy (non-hydrogen) atoms. The van der Waals surface area contributed by atoms with E-state index < -0.39 is 5.60 Å². The average Bonchev–Trinajstić information content (AvgIpc) is 2.53. The molecule has 0 radical (unpaired) electrons. The molecule has 0 aliphatic carbocycles. The van der Waals surface area contributed by atoms with Gasteiger partial charge in [-0.2, -0.15) is 0 Å². The summed E-state index contributed by atoms with van der Waals surface area (Å²) >= 11 is 0. The maximum Gasteiger partial charge on any atom is 0.0716 e. The fourth-order valence-corrected chi connectivity index (χ4v) is 3.20. The second kappa shape index (κ2) is 13.7. The van der Waals surface area contributed by atoms with E-state index in [9.17, 15) is 10.2 Å². The summed E-state index contributed by atoms with van der Waals surface area (Å²) in [6, 6.07) is 0. The highest BCUT2D eigenvalue weighted by Gasteiger charge is 2.22. The van der Waals surface area contributed by atoms with Crippen LogP contribution in [0, 0.1) is 5.41 Å². The minimum Gasteiger partial charge on any atom is -0.396 e. The maximum atomic E-state index is 10.5. The number of hydrogen-bond acceptors (Lipinski definition) is 2. The molecule has 0 spiro atoms.